The van der Waals surface area contributed by atoms with Gasteiger partial charge in [-0.05, 0) is 42.2 Å². The van der Waals surface area contributed by atoms with Crippen LogP contribution in [-0.2, 0) is 5.75 Å². The van der Waals surface area contributed by atoms with Crippen molar-refractivity contribution in [3.05, 3.63) is 35.9 Å². The first-order chi connectivity index (χ1) is 7.93. The molecule has 1 nitrogen and oxygen atoms in total. The van der Waals surface area contributed by atoms with E-state index in [0.717, 1.165) is 18.7 Å². The summed E-state index contributed by atoms with van der Waals surface area (Å²) >= 11 is 4.06. The Bertz CT molecular complexity index is 251. The summed E-state index contributed by atoms with van der Waals surface area (Å²) in [7, 11) is 0. The maximum atomic E-state index is 5.44. The van der Waals surface area contributed by atoms with Crippen LogP contribution in [0, 0.1) is 0 Å². The lowest BCUT2D eigenvalue weighted by molar-refractivity contribution is 0.941. The van der Waals surface area contributed by atoms with Gasteiger partial charge in [0.15, 0.2) is 0 Å². The van der Waals surface area contributed by atoms with Crippen molar-refractivity contribution >= 4 is 23.5 Å². The van der Waals surface area contributed by atoms with Crippen molar-refractivity contribution in [2.45, 2.75) is 18.6 Å². The molecule has 1 aromatic rings. The molecule has 1 rings (SSSR count). The molecule has 0 fully saturated rings. The SMILES string of the molecule is NCCCSCCCSCc1ccccc1. The highest BCUT2D eigenvalue weighted by molar-refractivity contribution is 7.99. The smallest absolute Gasteiger partial charge is 0.0184 e. The van der Waals surface area contributed by atoms with E-state index >= 15 is 0 Å². The van der Waals surface area contributed by atoms with Crippen LogP contribution in [0.5, 0.6) is 0 Å². The standard InChI is InChI=1S/C13H21NS2/c14-8-4-9-15-10-5-11-16-12-13-6-2-1-3-7-13/h1-3,6-7H,4-5,8-12,14H2. The molecule has 0 unspecified atom stereocenters. The van der Waals surface area contributed by atoms with Gasteiger partial charge in [-0.2, -0.15) is 23.5 Å². The van der Waals surface area contributed by atoms with Gasteiger partial charge in [0.1, 0.15) is 0 Å². The van der Waals surface area contributed by atoms with E-state index in [2.05, 4.69) is 30.3 Å². The Morgan fingerprint density at radius 2 is 1.56 bits per heavy atom. The van der Waals surface area contributed by atoms with E-state index in [4.69, 9.17) is 5.73 Å². The Labute approximate surface area is 108 Å². The van der Waals surface area contributed by atoms with Gasteiger partial charge in [0, 0.05) is 5.75 Å². The minimum atomic E-state index is 0.829. The molecule has 0 amide bonds. The van der Waals surface area contributed by atoms with E-state index in [1.165, 1.54) is 29.2 Å². The van der Waals surface area contributed by atoms with E-state index < -0.39 is 0 Å². The predicted molar refractivity (Wildman–Crippen MR) is 78.2 cm³/mol. The molecule has 1 aromatic carbocycles. The number of nitrogens with two attached hydrogens (primary N) is 1. The average molecular weight is 255 g/mol. The lowest BCUT2D eigenvalue weighted by Crippen LogP contribution is -1.99. The zero-order chi connectivity index (χ0) is 11.5. The lowest BCUT2D eigenvalue weighted by atomic mass is 10.2. The number of hydrogen-bond acceptors (Lipinski definition) is 3. The van der Waals surface area contributed by atoms with Crippen LogP contribution in [0.15, 0.2) is 30.3 Å². The van der Waals surface area contributed by atoms with Crippen molar-refractivity contribution < 1.29 is 0 Å². The molecule has 0 saturated heterocycles. The first-order valence-corrected chi connectivity index (χ1v) is 8.14. The largest absolute Gasteiger partial charge is 0.330 e. The van der Waals surface area contributed by atoms with E-state index in [1.807, 2.05) is 23.5 Å². The summed E-state index contributed by atoms with van der Waals surface area (Å²) in [5.41, 5.74) is 6.87. The number of hydrogen-bond donors (Lipinski definition) is 1. The number of benzene rings is 1. The molecule has 0 saturated carbocycles. The third kappa shape index (κ3) is 7.20. The Kier molecular flexibility index (Phi) is 8.77. The molecule has 0 aliphatic rings. The van der Waals surface area contributed by atoms with Crippen LogP contribution < -0.4 is 5.73 Å². The maximum absolute atomic E-state index is 5.44. The molecule has 2 N–H and O–H groups in total. The van der Waals surface area contributed by atoms with Crippen LogP contribution in [0.3, 0.4) is 0 Å². The zero-order valence-corrected chi connectivity index (χ0v) is 11.4. The van der Waals surface area contributed by atoms with Gasteiger partial charge in [-0.1, -0.05) is 30.3 Å². The molecule has 0 atom stereocenters. The molecule has 0 aliphatic heterocycles. The summed E-state index contributed by atoms with van der Waals surface area (Å²) in [4.78, 5) is 0. The van der Waals surface area contributed by atoms with Crippen LogP contribution >= 0.6 is 23.5 Å². The molecule has 0 aromatic heterocycles. The molecular weight excluding hydrogens is 234 g/mol. The Hall–Kier alpha value is -0.120. The summed E-state index contributed by atoms with van der Waals surface area (Å²) in [5, 5.41) is 0. The van der Waals surface area contributed by atoms with Gasteiger partial charge in [0.05, 0.1) is 0 Å². The highest BCUT2D eigenvalue weighted by atomic mass is 32.2. The van der Waals surface area contributed by atoms with E-state index in [9.17, 15) is 0 Å². The van der Waals surface area contributed by atoms with Crippen molar-refractivity contribution in [3.63, 3.8) is 0 Å². The van der Waals surface area contributed by atoms with Gasteiger partial charge in [-0.25, -0.2) is 0 Å². The Balaban J connectivity index is 1.89. The van der Waals surface area contributed by atoms with Crippen molar-refractivity contribution in [2.24, 2.45) is 5.73 Å². The van der Waals surface area contributed by atoms with Crippen molar-refractivity contribution in [1.29, 1.82) is 0 Å². The normalized spacial score (nSPS) is 10.6. The maximum Gasteiger partial charge on any atom is 0.0184 e. The molecule has 90 valence electrons. The van der Waals surface area contributed by atoms with Gasteiger partial charge in [-0.15, -0.1) is 0 Å². The lowest BCUT2D eigenvalue weighted by Gasteiger charge is -2.02. The molecule has 0 aliphatic carbocycles. The van der Waals surface area contributed by atoms with Crippen molar-refractivity contribution in [1.82, 2.24) is 0 Å². The van der Waals surface area contributed by atoms with Gasteiger partial charge in [0.2, 0.25) is 0 Å². The third-order valence-electron chi connectivity index (χ3n) is 2.18. The fraction of sp³-hybridized carbons (Fsp3) is 0.538. The Morgan fingerprint density at radius 1 is 0.875 bits per heavy atom. The van der Waals surface area contributed by atoms with Crippen LogP contribution in [0.4, 0.5) is 0 Å². The van der Waals surface area contributed by atoms with E-state index in [1.54, 1.807) is 0 Å². The van der Waals surface area contributed by atoms with E-state index in [0.29, 0.717) is 0 Å². The summed E-state index contributed by atoms with van der Waals surface area (Å²) in [6.45, 7) is 0.829. The molecule has 0 spiro atoms. The molecule has 3 heteroatoms. The average Bonchev–Trinajstić information content (AvgIpc) is 2.34. The van der Waals surface area contributed by atoms with Crippen molar-refractivity contribution in [3.8, 4) is 0 Å². The fourth-order valence-corrected chi connectivity index (χ4v) is 3.34. The van der Waals surface area contributed by atoms with E-state index in [-0.39, 0.29) is 0 Å². The highest BCUT2D eigenvalue weighted by Gasteiger charge is 1.93. The summed E-state index contributed by atoms with van der Waals surface area (Å²) in [6.07, 6.45) is 2.47. The van der Waals surface area contributed by atoms with Gasteiger partial charge in [-0.3, -0.25) is 0 Å². The Morgan fingerprint density at radius 3 is 2.31 bits per heavy atom. The minimum absolute atomic E-state index is 0.829. The fourth-order valence-electron chi connectivity index (χ4n) is 1.31. The predicted octanol–water partition coefficient (Wildman–Crippen LogP) is 3.39. The summed E-state index contributed by atoms with van der Waals surface area (Å²) < 4.78 is 0. The minimum Gasteiger partial charge on any atom is -0.330 e. The molecule has 0 radical (unpaired) electrons. The first kappa shape index (κ1) is 13.9. The second-order valence-corrected chi connectivity index (χ2v) is 5.98. The number of rotatable bonds is 9. The van der Waals surface area contributed by atoms with Crippen LogP contribution in [0.2, 0.25) is 0 Å². The molecule has 0 bridgehead atoms. The number of thioether (sulfide) groups is 2. The van der Waals surface area contributed by atoms with Gasteiger partial charge in [0.25, 0.3) is 0 Å². The second-order valence-electron chi connectivity index (χ2n) is 3.65. The van der Waals surface area contributed by atoms with Gasteiger partial charge >= 0.3 is 0 Å². The summed E-state index contributed by atoms with van der Waals surface area (Å²) in [6, 6.07) is 10.7. The second kappa shape index (κ2) is 10.1. The topological polar surface area (TPSA) is 26.0 Å². The monoisotopic (exact) mass is 255 g/mol. The quantitative estimate of drug-likeness (QED) is 0.685. The van der Waals surface area contributed by atoms with Crippen LogP contribution in [0.1, 0.15) is 18.4 Å². The van der Waals surface area contributed by atoms with Crippen LogP contribution in [-0.4, -0.2) is 23.8 Å². The van der Waals surface area contributed by atoms with Crippen LogP contribution in [0.25, 0.3) is 0 Å². The molecular formula is C13H21NS2. The summed E-state index contributed by atoms with van der Waals surface area (Å²) in [5.74, 6) is 4.92. The van der Waals surface area contributed by atoms with Gasteiger partial charge < -0.3 is 5.73 Å². The first-order valence-electron chi connectivity index (χ1n) is 5.83. The highest BCUT2D eigenvalue weighted by Crippen LogP contribution is 2.14. The third-order valence-corrected chi connectivity index (χ3v) is 4.45. The van der Waals surface area contributed by atoms with Crippen molar-refractivity contribution in [2.75, 3.05) is 23.8 Å². The zero-order valence-electron chi connectivity index (χ0n) is 9.73. The molecule has 0 heterocycles. The molecule has 16 heavy (non-hydrogen) atoms.